The largest absolute Gasteiger partial charge is 0.466 e. The van der Waals surface area contributed by atoms with Crippen molar-refractivity contribution in [2.24, 2.45) is 0 Å². The predicted octanol–water partition coefficient (Wildman–Crippen LogP) is 1.67. The van der Waals surface area contributed by atoms with E-state index in [9.17, 15) is 4.79 Å². The Labute approximate surface area is 87.3 Å². The summed E-state index contributed by atoms with van der Waals surface area (Å²) in [5.41, 5.74) is 2.77. The van der Waals surface area contributed by atoms with Gasteiger partial charge in [0.25, 0.3) is 0 Å². The van der Waals surface area contributed by atoms with Gasteiger partial charge in [-0.05, 0) is 24.6 Å². The van der Waals surface area contributed by atoms with Gasteiger partial charge in [-0.2, -0.15) is 0 Å². The number of imidazole rings is 1. The smallest absolute Gasteiger partial charge is 0.310 e. The summed E-state index contributed by atoms with van der Waals surface area (Å²) in [6.07, 6.45) is 1.94. The normalized spacial score (nSPS) is 10.5. The van der Waals surface area contributed by atoms with Gasteiger partial charge < -0.3 is 9.72 Å². The Morgan fingerprint density at radius 3 is 3.20 bits per heavy atom. The molecule has 0 bridgehead atoms. The molecule has 1 aromatic heterocycles. The quantitative estimate of drug-likeness (QED) is 0.774. The second-order valence-electron chi connectivity index (χ2n) is 3.24. The first kappa shape index (κ1) is 9.71. The van der Waals surface area contributed by atoms with Gasteiger partial charge in [-0.25, -0.2) is 4.98 Å². The number of esters is 1. The highest BCUT2D eigenvalue weighted by atomic mass is 16.5. The molecule has 78 valence electrons. The Balaban J connectivity index is 2.17. The van der Waals surface area contributed by atoms with Crippen LogP contribution in [0.1, 0.15) is 12.5 Å². The maximum Gasteiger partial charge on any atom is 0.310 e. The summed E-state index contributed by atoms with van der Waals surface area (Å²) in [6, 6.07) is 5.71. The van der Waals surface area contributed by atoms with Crippen LogP contribution in [0.2, 0.25) is 0 Å². The molecule has 1 aromatic carbocycles. The zero-order valence-corrected chi connectivity index (χ0v) is 8.49. The first-order valence-electron chi connectivity index (χ1n) is 4.87. The van der Waals surface area contributed by atoms with Crippen molar-refractivity contribution in [2.75, 3.05) is 6.61 Å². The van der Waals surface area contributed by atoms with Crippen LogP contribution in [0.15, 0.2) is 24.5 Å². The molecule has 4 heteroatoms. The van der Waals surface area contributed by atoms with Gasteiger partial charge in [0.05, 0.1) is 30.4 Å². The molecule has 2 aromatic rings. The first-order valence-corrected chi connectivity index (χ1v) is 4.87. The van der Waals surface area contributed by atoms with Gasteiger partial charge in [-0.1, -0.05) is 6.07 Å². The van der Waals surface area contributed by atoms with Crippen LogP contribution in [0.25, 0.3) is 11.0 Å². The van der Waals surface area contributed by atoms with E-state index in [4.69, 9.17) is 4.74 Å². The molecule has 0 spiro atoms. The molecule has 0 unspecified atom stereocenters. The van der Waals surface area contributed by atoms with Crippen molar-refractivity contribution >= 4 is 17.0 Å². The van der Waals surface area contributed by atoms with Gasteiger partial charge in [-0.3, -0.25) is 4.79 Å². The van der Waals surface area contributed by atoms with E-state index in [0.717, 1.165) is 16.6 Å². The third-order valence-corrected chi connectivity index (χ3v) is 2.14. The average Bonchev–Trinajstić information content (AvgIpc) is 2.65. The fourth-order valence-corrected chi connectivity index (χ4v) is 1.47. The third-order valence-electron chi connectivity index (χ3n) is 2.14. The second kappa shape index (κ2) is 4.13. The van der Waals surface area contributed by atoms with Crippen molar-refractivity contribution in [3.63, 3.8) is 0 Å². The minimum atomic E-state index is -0.201. The minimum absolute atomic E-state index is 0.201. The second-order valence-corrected chi connectivity index (χ2v) is 3.24. The average molecular weight is 204 g/mol. The Morgan fingerprint density at radius 1 is 1.53 bits per heavy atom. The van der Waals surface area contributed by atoms with Gasteiger partial charge in [0.1, 0.15) is 0 Å². The van der Waals surface area contributed by atoms with E-state index in [2.05, 4.69) is 9.97 Å². The number of nitrogens with zero attached hydrogens (tertiary/aromatic N) is 1. The lowest BCUT2D eigenvalue weighted by Gasteiger charge is -2.01. The molecule has 0 aliphatic rings. The van der Waals surface area contributed by atoms with E-state index in [-0.39, 0.29) is 5.97 Å². The summed E-state index contributed by atoms with van der Waals surface area (Å²) >= 11 is 0. The molecule has 4 nitrogen and oxygen atoms in total. The number of benzene rings is 1. The van der Waals surface area contributed by atoms with E-state index in [0.29, 0.717) is 13.0 Å². The van der Waals surface area contributed by atoms with E-state index in [1.165, 1.54) is 0 Å². The molecule has 0 saturated carbocycles. The zero-order valence-electron chi connectivity index (χ0n) is 8.49. The number of fused-ring (bicyclic) bond motifs is 1. The van der Waals surface area contributed by atoms with Crippen LogP contribution >= 0.6 is 0 Å². The van der Waals surface area contributed by atoms with Crippen molar-refractivity contribution in [1.82, 2.24) is 9.97 Å². The maximum absolute atomic E-state index is 11.2. The van der Waals surface area contributed by atoms with E-state index in [1.807, 2.05) is 18.2 Å². The number of rotatable bonds is 3. The van der Waals surface area contributed by atoms with Gasteiger partial charge in [0, 0.05) is 0 Å². The summed E-state index contributed by atoms with van der Waals surface area (Å²) in [7, 11) is 0. The number of ether oxygens (including phenoxy) is 1. The molecular formula is C11H12N2O2. The van der Waals surface area contributed by atoms with Crippen LogP contribution in [0.4, 0.5) is 0 Å². The van der Waals surface area contributed by atoms with Crippen LogP contribution in [-0.4, -0.2) is 22.5 Å². The fraction of sp³-hybridized carbons (Fsp3) is 0.273. The number of carbonyl (C=O) groups is 1. The molecule has 0 atom stereocenters. The van der Waals surface area contributed by atoms with E-state index in [1.54, 1.807) is 13.3 Å². The topological polar surface area (TPSA) is 55.0 Å². The van der Waals surface area contributed by atoms with Gasteiger partial charge >= 0.3 is 5.97 Å². The van der Waals surface area contributed by atoms with Crippen LogP contribution < -0.4 is 0 Å². The molecule has 1 N–H and O–H groups in total. The van der Waals surface area contributed by atoms with E-state index < -0.39 is 0 Å². The first-order chi connectivity index (χ1) is 7.29. The van der Waals surface area contributed by atoms with Crippen molar-refractivity contribution in [3.05, 3.63) is 30.1 Å². The van der Waals surface area contributed by atoms with Crippen molar-refractivity contribution in [1.29, 1.82) is 0 Å². The number of hydrogen-bond donors (Lipinski definition) is 1. The van der Waals surface area contributed by atoms with Crippen LogP contribution in [0, 0.1) is 0 Å². The molecule has 0 amide bonds. The Kier molecular flexibility index (Phi) is 2.67. The molecule has 0 saturated heterocycles. The number of carbonyl (C=O) groups excluding carboxylic acids is 1. The summed E-state index contributed by atoms with van der Waals surface area (Å²) in [5.74, 6) is -0.201. The Hall–Kier alpha value is -1.84. The van der Waals surface area contributed by atoms with Crippen LogP contribution in [0.5, 0.6) is 0 Å². The summed E-state index contributed by atoms with van der Waals surface area (Å²) in [5, 5.41) is 0. The predicted molar refractivity (Wildman–Crippen MR) is 56.4 cm³/mol. The van der Waals surface area contributed by atoms with Crippen molar-refractivity contribution in [3.8, 4) is 0 Å². The molecule has 0 fully saturated rings. The molecule has 2 rings (SSSR count). The third kappa shape index (κ3) is 2.15. The minimum Gasteiger partial charge on any atom is -0.466 e. The molecule has 0 aliphatic heterocycles. The molecule has 1 heterocycles. The van der Waals surface area contributed by atoms with Gasteiger partial charge in [0.15, 0.2) is 0 Å². The standard InChI is InChI=1S/C11H12N2O2/c1-2-15-11(14)6-8-3-4-9-10(5-8)13-7-12-9/h3-5,7H,2,6H2,1H3,(H,12,13). The number of hydrogen-bond acceptors (Lipinski definition) is 3. The summed E-state index contributed by atoms with van der Waals surface area (Å²) < 4.78 is 4.87. The van der Waals surface area contributed by atoms with Gasteiger partial charge in [-0.15, -0.1) is 0 Å². The maximum atomic E-state index is 11.2. The van der Waals surface area contributed by atoms with Crippen molar-refractivity contribution < 1.29 is 9.53 Å². The monoisotopic (exact) mass is 204 g/mol. The lowest BCUT2D eigenvalue weighted by molar-refractivity contribution is -0.142. The summed E-state index contributed by atoms with van der Waals surface area (Å²) in [6.45, 7) is 2.22. The lowest BCUT2D eigenvalue weighted by Crippen LogP contribution is -2.07. The van der Waals surface area contributed by atoms with Crippen LogP contribution in [0.3, 0.4) is 0 Å². The highest BCUT2D eigenvalue weighted by Crippen LogP contribution is 2.12. The Bertz CT molecular complexity index is 476. The highest BCUT2D eigenvalue weighted by molar-refractivity contribution is 5.78. The molecular weight excluding hydrogens is 192 g/mol. The van der Waals surface area contributed by atoms with Crippen molar-refractivity contribution in [2.45, 2.75) is 13.3 Å². The number of H-pyrrole nitrogens is 1. The highest BCUT2D eigenvalue weighted by Gasteiger charge is 2.05. The summed E-state index contributed by atoms with van der Waals surface area (Å²) in [4.78, 5) is 18.4. The SMILES string of the molecule is CCOC(=O)Cc1ccc2[nH]cnc2c1. The van der Waals surface area contributed by atoms with E-state index >= 15 is 0 Å². The fourth-order valence-electron chi connectivity index (χ4n) is 1.47. The lowest BCUT2D eigenvalue weighted by atomic mass is 10.1. The molecule has 15 heavy (non-hydrogen) atoms. The zero-order chi connectivity index (χ0) is 10.7. The molecule has 0 radical (unpaired) electrons. The molecule has 0 aliphatic carbocycles. The number of aromatic nitrogens is 2. The van der Waals surface area contributed by atoms with Crippen LogP contribution in [-0.2, 0) is 16.0 Å². The number of nitrogens with one attached hydrogen (secondary N) is 1. The Morgan fingerprint density at radius 2 is 2.40 bits per heavy atom. The number of aromatic amines is 1. The van der Waals surface area contributed by atoms with Gasteiger partial charge in [0.2, 0.25) is 0 Å².